The summed E-state index contributed by atoms with van der Waals surface area (Å²) in [5.74, 6) is 5.59. The monoisotopic (exact) mass is 232 g/mol. The van der Waals surface area contributed by atoms with Crippen molar-refractivity contribution in [1.29, 1.82) is 0 Å². The van der Waals surface area contributed by atoms with E-state index in [0.29, 0.717) is 0 Å². The van der Waals surface area contributed by atoms with Gasteiger partial charge in [0.25, 0.3) is 0 Å². The first-order valence-electron chi connectivity index (χ1n) is 6.05. The molecule has 0 radical (unpaired) electrons. The van der Waals surface area contributed by atoms with Gasteiger partial charge in [-0.15, -0.1) is 6.58 Å². The molecule has 0 saturated carbocycles. The van der Waals surface area contributed by atoms with Crippen LogP contribution >= 0.6 is 0 Å². The second-order valence-corrected chi connectivity index (χ2v) is 5.75. The SMILES string of the molecule is C=C(C)CC(NN)c1ccc(C(C)(C)C)cc1. The van der Waals surface area contributed by atoms with Crippen molar-refractivity contribution in [1.82, 2.24) is 5.43 Å². The summed E-state index contributed by atoms with van der Waals surface area (Å²) in [5, 5.41) is 0. The number of rotatable bonds is 4. The van der Waals surface area contributed by atoms with Gasteiger partial charge in [0.1, 0.15) is 0 Å². The van der Waals surface area contributed by atoms with E-state index >= 15 is 0 Å². The van der Waals surface area contributed by atoms with E-state index in [-0.39, 0.29) is 11.5 Å². The number of hydrogen-bond donors (Lipinski definition) is 2. The third-order valence-corrected chi connectivity index (χ3v) is 2.93. The molecule has 0 amide bonds. The van der Waals surface area contributed by atoms with Crippen molar-refractivity contribution in [2.24, 2.45) is 5.84 Å². The van der Waals surface area contributed by atoms with E-state index < -0.39 is 0 Å². The molecule has 0 bridgehead atoms. The first kappa shape index (κ1) is 13.9. The van der Waals surface area contributed by atoms with Crippen LogP contribution in [-0.2, 0) is 5.41 Å². The molecule has 3 N–H and O–H groups in total. The molecule has 2 nitrogen and oxygen atoms in total. The maximum Gasteiger partial charge on any atom is 0.0496 e. The number of benzene rings is 1. The van der Waals surface area contributed by atoms with Crippen LogP contribution in [0.4, 0.5) is 0 Å². The van der Waals surface area contributed by atoms with Gasteiger partial charge in [-0.1, -0.05) is 50.6 Å². The minimum atomic E-state index is 0.154. The molecule has 0 heterocycles. The van der Waals surface area contributed by atoms with Crippen LogP contribution in [0.5, 0.6) is 0 Å². The van der Waals surface area contributed by atoms with Crippen LogP contribution in [0.3, 0.4) is 0 Å². The predicted molar refractivity (Wildman–Crippen MR) is 74.6 cm³/mol. The van der Waals surface area contributed by atoms with Gasteiger partial charge in [-0.3, -0.25) is 11.3 Å². The lowest BCUT2D eigenvalue weighted by Gasteiger charge is -2.21. The van der Waals surface area contributed by atoms with E-state index in [1.54, 1.807) is 0 Å². The Bertz CT molecular complexity index is 371. The van der Waals surface area contributed by atoms with Crippen molar-refractivity contribution >= 4 is 0 Å². The fourth-order valence-electron chi connectivity index (χ4n) is 1.84. The Balaban J connectivity index is 2.89. The zero-order chi connectivity index (χ0) is 13.1. The van der Waals surface area contributed by atoms with Crippen molar-refractivity contribution in [2.45, 2.75) is 45.6 Å². The molecular formula is C15H24N2. The highest BCUT2D eigenvalue weighted by molar-refractivity contribution is 5.29. The van der Waals surface area contributed by atoms with Crippen molar-refractivity contribution in [3.8, 4) is 0 Å². The molecule has 1 aromatic rings. The van der Waals surface area contributed by atoms with E-state index in [4.69, 9.17) is 5.84 Å². The molecule has 0 aliphatic rings. The third-order valence-electron chi connectivity index (χ3n) is 2.93. The predicted octanol–water partition coefficient (Wildman–Crippen LogP) is 3.45. The molecule has 0 fully saturated rings. The highest BCUT2D eigenvalue weighted by atomic mass is 15.2. The van der Waals surface area contributed by atoms with E-state index in [9.17, 15) is 0 Å². The number of nitrogens with one attached hydrogen (secondary N) is 1. The van der Waals surface area contributed by atoms with Gasteiger partial charge >= 0.3 is 0 Å². The highest BCUT2D eigenvalue weighted by Crippen LogP contribution is 2.25. The van der Waals surface area contributed by atoms with Crippen LogP contribution in [-0.4, -0.2) is 0 Å². The van der Waals surface area contributed by atoms with Gasteiger partial charge in [-0.05, 0) is 29.9 Å². The molecule has 0 spiro atoms. The van der Waals surface area contributed by atoms with Gasteiger partial charge in [0, 0.05) is 6.04 Å². The van der Waals surface area contributed by atoms with Crippen LogP contribution in [0.15, 0.2) is 36.4 Å². The largest absolute Gasteiger partial charge is 0.271 e. The zero-order valence-corrected chi connectivity index (χ0v) is 11.4. The minimum absolute atomic E-state index is 0.154. The Morgan fingerprint density at radius 3 is 2.18 bits per heavy atom. The Kier molecular flexibility index (Phi) is 4.49. The summed E-state index contributed by atoms with van der Waals surface area (Å²) in [4.78, 5) is 0. The van der Waals surface area contributed by atoms with Crippen LogP contribution in [0.1, 0.15) is 51.3 Å². The summed E-state index contributed by atoms with van der Waals surface area (Å²) in [5.41, 5.74) is 6.72. The fourth-order valence-corrected chi connectivity index (χ4v) is 1.84. The van der Waals surface area contributed by atoms with Crippen molar-refractivity contribution in [2.75, 3.05) is 0 Å². The van der Waals surface area contributed by atoms with Gasteiger partial charge in [-0.25, -0.2) is 0 Å². The molecule has 17 heavy (non-hydrogen) atoms. The van der Waals surface area contributed by atoms with E-state index in [0.717, 1.165) is 12.0 Å². The molecule has 0 saturated heterocycles. The number of nitrogens with two attached hydrogens (primary N) is 1. The van der Waals surface area contributed by atoms with Crippen molar-refractivity contribution < 1.29 is 0 Å². The van der Waals surface area contributed by atoms with Crippen LogP contribution in [0, 0.1) is 0 Å². The summed E-state index contributed by atoms with van der Waals surface area (Å²) in [7, 11) is 0. The lowest BCUT2D eigenvalue weighted by atomic mass is 9.86. The second kappa shape index (κ2) is 5.48. The van der Waals surface area contributed by atoms with E-state index in [1.165, 1.54) is 11.1 Å². The maximum absolute atomic E-state index is 5.59. The summed E-state index contributed by atoms with van der Waals surface area (Å²) >= 11 is 0. The van der Waals surface area contributed by atoms with Gasteiger partial charge in [0.05, 0.1) is 0 Å². The summed E-state index contributed by atoms with van der Waals surface area (Å²) in [6.07, 6.45) is 0.866. The summed E-state index contributed by atoms with van der Waals surface area (Å²) < 4.78 is 0. The smallest absolute Gasteiger partial charge is 0.0496 e. The number of hydrogen-bond acceptors (Lipinski definition) is 2. The summed E-state index contributed by atoms with van der Waals surface area (Å²) in [6, 6.07) is 8.81. The van der Waals surface area contributed by atoms with E-state index in [1.807, 2.05) is 6.92 Å². The Morgan fingerprint density at radius 1 is 1.29 bits per heavy atom. The maximum atomic E-state index is 5.59. The van der Waals surface area contributed by atoms with Gasteiger partial charge < -0.3 is 0 Å². The van der Waals surface area contributed by atoms with Gasteiger partial charge in [-0.2, -0.15) is 0 Å². The topological polar surface area (TPSA) is 38.0 Å². The molecule has 0 aromatic heterocycles. The van der Waals surface area contributed by atoms with Crippen LogP contribution in [0.25, 0.3) is 0 Å². The van der Waals surface area contributed by atoms with E-state index in [2.05, 4.69) is 57.0 Å². The molecule has 1 unspecified atom stereocenters. The third kappa shape index (κ3) is 3.99. The summed E-state index contributed by atoms with van der Waals surface area (Å²) in [6.45, 7) is 12.6. The Morgan fingerprint density at radius 2 is 1.82 bits per heavy atom. The lowest BCUT2D eigenvalue weighted by Crippen LogP contribution is -2.28. The second-order valence-electron chi connectivity index (χ2n) is 5.75. The van der Waals surface area contributed by atoms with Gasteiger partial charge in [0.15, 0.2) is 0 Å². The lowest BCUT2D eigenvalue weighted by molar-refractivity contribution is 0.548. The first-order chi connectivity index (χ1) is 7.84. The standard InChI is InChI=1S/C15H24N2/c1-11(2)10-14(17-16)12-6-8-13(9-7-12)15(3,4)5/h6-9,14,17H,1,10,16H2,2-5H3. The average Bonchev–Trinajstić information content (AvgIpc) is 2.24. The fraction of sp³-hybridized carbons (Fsp3) is 0.467. The molecule has 0 aliphatic heterocycles. The number of hydrazine groups is 1. The molecule has 94 valence electrons. The average molecular weight is 232 g/mol. The van der Waals surface area contributed by atoms with Crippen molar-refractivity contribution in [3.05, 3.63) is 47.5 Å². The highest BCUT2D eigenvalue weighted by Gasteiger charge is 2.15. The molecular weight excluding hydrogens is 208 g/mol. The molecule has 2 heteroatoms. The molecule has 1 rings (SSSR count). The van der Waals surface area contributed by atoms with Crippen molar-refractivity contribution in [3.63, 3.8) is 0 Å². The Labute approximate surface area is 105 Å². The van der Waals surface area contributed by atoms with Gasteiger partial charge in [0.2, 0.25) is 0 Å². The molecule has 0 aliphatic carbocycles. The molecule has 1 aromatic carbocycles. The normalized spacial score (nSPS) is 13.5. The quantitative estimate of drug-likeness (QED) is 0.474. The molecule has 1 atom stereocenters. The first-order valence-corrected chi connectivity index (χ1v) is 6.05. The zero-order valence-electron chi connectivity index (χ0n) is 11.4. The van der Waals surface area contributed by atoms with Crippen LogP contribution < -0.4 is 11.3 Å². The minimum Gasteiger partial charge on any atom is -0.271 e. The Hall–Kier alpha value is -1.12. The van der Waals surface area contributed by atoms with Crippen LogP contribution in [0.2, 0.25) is 0 Å².